The minimum absolute atomic E-state index is 0.0396. The lowest BCUT2D eigenvalue weighted by Crippen LogP contribution is -2.43. The van der Waals surface area contributed by atoms with Gasteiger partial charge >= 0.3 is 0 Å². The van der Waals surface area contributed by atoms with E-state index in [1.165, 1.54) is 0 Å². The van der Waals surface area contributed by atoms with E-state index in [2.05, 4.69) is 30.1 Å². The Morgan fingerprint density at radius 3 is 2.53 bits per heavy atom. The van der Waals surface area contributed by atoms with Crippen LogP contribution in [0.1, 0.15) is 39.5 Å². The van der Waals surface area contributed by atoms with Gasteiger partial charge in [0.25, 0.3) is 0 Å². The minimum atomic E-state index is -3.15. The summed E-state index contributed by atoms with van der Waals surface area (Å²) in [7, 11) is -3.15. The maximum absolute atomic E-state index is 12.1. The number of hydrogen-bond donors (Lipinski definition) is 2. The Labute approximate surface area is 122 Å². The SMILES string of the molecule is CCC(CC)(CNS(=O)(=O)CC1CCCNC1)SC. The first-order valence-corrected chi connectivity index (χ1v) is 10.1. The van der Waals surface area contributed by atoms with Gasteiger partial charge in [0.1, 0.15) is 0 Å². The molecule has 1 atom stereocenters. The molecule has 1 aliphatic heterocycles. The maximum Gasteiger partial charge on any atom is 0.211 e. The normalized spacial score (nSPS) is 21.5. The van der Waals surface area contributed by atoms with E-state index in [4.69, 9.17) is 0 Å². The van der Waals surface area contributed by atoms with E-state index in [-0.39, 0.29) is 16.4 Å². The van der Waals surface area contributed by atoms with Crippen LogP contribution in [0, 0.1) is 5.92 Å². The summed E-state index contributed by atoms with van der Waals surface area (Å²) in [5.41, 5.74) is 0. The van der Waals surface area contributed by atoms with E-state index in [0.29, 0.717) is 6.54 Å². The van der Waals surface area contributed by atoms with E-state index in [1.54, 1.807) is 11.8 Å². The van der Waals surface area contributed by atoms with E-state index in [0.717, 1.165) is 38.8 Å². The van der Waals surface area contributed by atoms with Gasteiger partial charge in [0.2, 0.25) is 10.0 Å². The van der Waals surface area contributed by atoms with Crippen molar-refractivity contribution in [3.63, 3.8) is 0 Å². The van der Waals surface area contributed by atoms with Crippen molar-refractivity contribution in [2.24, 2.45) is 5.92 Å². The van der Waals surface area contributed by atoms with Gasteiger partial charge in [-0.25, -0.2) is 13.1 Å². The molecule has 0 aromatic heterocycles. The Morgan fingerprint density at radius 1 is 1.37 bits per heavy atom. The van der Waals surface area contributed by atoms with Crippen LogP contribution < -0.4 is 10.0 Å². The topological polar surface area (TPSA) is 58.2 Å². The lowest BCUT2D eigenvalue weighted by molar-refractivity contribution is 0.402. The minimum Gasteiger partial charge on any atom is -0.316 e. The van der Waals surface area contributed by atoms with Crippen molar-refractivity contribution in [2.45, 2.75) is 44.3 Å². The number of thioether (sulfide) groups is 1. The van der Waals surface area contributed by atoms with Crippen LogP contribution in [-0.2, 0) is 10.0 Å². The Kier molecular flexibility index (Phi) is 7.14. The highest BCUT2D eigenvalue weighted by Gasteiger charge is 2.28. The lowest BCUT2D eigenvalue weighted by Gasteiger charge is -2.30. The molecule has 0 aliphatic carbocycles. The first kappa shape index (κ1) is 17.3. The second kappa shape index (κ2) is 7.86. The molecule has 19 heavy (non-hydrogen) atoms. The smallest absolute Gasteiger partial charge is 0.211 e. The number of rotatable bonds is 8. The summed E-state index contributed by atoms with van der Waals surface area (Å²) >= 11 is 1.76. The highest BCUT2D eigenvalue weighted by molar-refractivity contribution is 8.00. The zero-order valence-corrected chi connectivity index (χ0v) is 14.0. The highest BCUT2D eigenvalue weighted by atomic mass is 32.2. The average Bonchev–Trinajstić information content (AvgIpc) is 2.41. The first-order chi connectivity index (χ1) is 8.97. The number of piperidine rings is 1. The van der Waals surface area contributed by atoms with E-state index >= 15 is 0 Å². The van der Waals surface area contributed by atoms with Crippen LogP contribution in [0.15, 0.2) is 0 Å². The van der Waals surface area contributed by atoms with Crippen molar-refractivity contribution < 1.29 is 8.42 Å². The van der Waals surface area contributed by atoms with Gasteiger partial charge in [-0.3, -0.25) is 0 Å². The molecule has 1 aliphatic rings. The number of nitrogens with one attached hydrogen (secondary N) is 2. The van der Waals surface area contributed by atoms with Gasteiger partial charge in [0.05, 0.1) is 5.75 Å². The van der Waals surface area contributed by atoms with Gasteiger partial charge in [-0.1, -0.05) is 13.8 Å². The molecular formula is C13H28N2O2S2. The standard InChI is InChI=1S/C13H28N2O2S2/c1-4-13(5-2,18-3)11-15-19(16,17)10-12-7-6-8-14-9-12/h12,14-15H,4-11H2,1-3H3. The first-order valence-electron chi connectivity index (χ1n) is 7.20. The second-order valence-electron chi connectivity index (χ2n) is 5.41. The largest absolute Gasteiger partial charge is 0.316 e. The molecule has 1 rings (SSSR count). The molecule has 1 heterocycles. The van der Waals surface area contributed by atoms with Gasteiger partial charge < -0.3 is 5.32 Å². The van der Waals surface area contributed by atoms with Gasteiger partial charge in [0.15, 0.2) is 0 Å². The molecule has 1 saturated heterocycles. The van der Waals surface area contributed by atoms with Crippen LogP contribution in [0.5, 0.6) is 0 Å². The lowest BCUT2D eigenvalue weighted by atomic mass is 10.0. The van der Waals surface area contributed by atoms with Gasteiger partial charge in [0, 0.05) is 11.3 Å². The fourth-order valence-corrected chi connectivity index (χ4v) is 4.94. The quantitative estimate of drug-likeness (QED) is 0.718. The van der Waals surface area contributed by atoms with Crippen LogP contribution >= 0.6 is 11.8 Å². The summed E-state index contributed by atoms with van der Waals surface area (Å²) in [5.74, 6) is 0.524. The third-order valence-corrected chi connectivity index (χ3v) is 7.27. The summed E-state index contributed by atoms with van der Waals surface area (Å²) in [6, 6.07) is 0. The van der Waals surface area contributed by atoms with Gasteiger partial charge in [-0.05, 0) is 50.9 Å². The van der Waals surface area contributed by atoms with Crippen molar-refractivity contribution in [3.8, 4) is 0 Å². The molecule has 0 amide bonds. The summed E-state index contributed by atoms with van der Waals surface area (Å²) in [5, 5.41) is 3.27. The Morgan fingerprint density at radius 2 is 2.05 bits per heavy atom. The fraction of sp³-hybridized carbons (Fsp3) is 1.00. The predicted molar refractivity (Wildman–Crippen MR) is 84.2 cm³/mol. The maximum atomic E-state index is 12.1. The van der Waals surface area contributed by atoms with Crippen LogP contribution in [0.25, 0.3) is 0 Å². The second-order valence-corrected chi connectivity index (χ2v) is 8.53. The molecule has 0 spiro atoms. The molecule has 2 N–H and O–H groups in total. The third-order valence-electron chi connectivity index (χ3n) is 4.19. The van der Waals surface area contributed by atoms with Crippen molar-refractivity contribution >= 4 is 21.8 Å². The zero-order chi connectivity index (χ0) is 14.4. The molecule has 0 radical (unpaired) electrons. The van der Waals surface area contributed by atoms with E-state index in [1.807, 2.05) is 0 Å². The number of sulfonamides is 1. The summed E-state index contributed by atoms with van der Waals surface area (Å²) in [4.78, 5) is 0. The van der Waals surface area contributed by atoms with Crippen LogP contribution in [0.3, 0.4) is 0 Å². The van der Waals surface area contributed by atoms with Crippen molar-refractivity contribution in [1.29, 1.82) is 0 Å². The molecule has 114 valence electrons. The van der Waals surface area contributed by atoms with Gasteiger partial charge in [-0.2, -0.15) is 11.8 Å². The van der Waals surface area contributed by atoms with Crippen LogP contribution in [0.2, 0.25) is 0 Å². The molecule has 0 saturated carbocycles. The molecule has 6 heteroatoms. The number of hydrogen-bond acceptors (Lipinski definition) is 4. The molecule has 4 nitrogen and oxygen atoms in total. The Balaban J connectivity index is 2.49. The Hall–Kier alpha value is 0.220. The molecule has 0 aromatic rings. The molecule has 0 aromatic carbocycles. The van der Waals surface area contributed by atoms with E-state index in [9.17, 15) is 8.42 Å². The summed E-state index contributed by atoms with van der Waals surface area (Å²) < 4.78 is 27.2. The van der Waals surface area contributed by atoms with Crippen molar-refractivity contribution in [2.75, 3.05) is 31.6 Å². The molecule has 1 fully saturated rings. The molecule has 1 unspecified atom stereocenters. The van der Waals surface area contributed by atoms with Crippen LogP contribution in [0.4, 0.5) is 0 Å². The van der Waals surface area contributed by atoms with Gasteiger partial charge in [-0.15, -0.1) is 0 Å². The van der Waals surface area contributed by atoms with Crippen LogP contribution in [-0.4, -0.2) is 44.8 Å². The molecular weight excluding hydrogens is 280 g/mol. The zero-order valence-electron chi connectivity index (χ0n) is 12.4. The molecule has 0 bridgehead atoms. The Bertz CT molecular complexity index is 339. The predicted octanol–water partition coefficient (Wildman–Crippen LogP) is 1.83. The summed E-state index contributed by atoms with van der Waals surface area (Å²) in [6.45, 7) is 6.64. The monoisotopic (exact) mass is 308 g/mol. The average molecular weight is 309 g/mol. The highest BCUT2D eigenvalue weighted by Crippen LogP contribution is 2.29. The van der Waals surface area contributed by atoms with E-state index < -0.39 is 10.0 Å². The van der Waals surface area contributed by atoms with Crippen molar-refractivity contribution in [1.82, 2.24) is 10.0 Å². The summed E-state index contributed by atoms with van der Waals surface area (Å²) in [6.07, 6.45) is 6.13. The third kappa shape index (κ3) is 5.61. The fourth-order valence-electron chi connectivity index (χ4n) is 2.54. The van der Waals surface area contributed by atoms with Crippen molar-refractivity contribution in [3.05, 3.63) is 0 Å².